The van der Waals surface area contributed by atoms with Crippen LogP contribution in [0.25, 0.3) is 0 Å². The molecule has 1 aliphatic rings. The minimum atomic E-state index is -0.537. The van der Waals surface area contributed by atoms with Gasteiger partial charge in [-0.05, 0) is 27.2 Å². The van der Waals surface area contributed by atoms with E-state index in [1.165, 1.54) is 0 Å². The Labute approximate surface area is 114 Å². The highest BCUT2D eigenvalue weighted by Crippen LogP contribution is 2.17. The minimum Gasteiger partial charge on any atom is -0.444 e. The predicted octanol–water partition coefficient (Wildman–Crippen LogP) is 1.77. The molecule has 1 aliphatic heterocycles. The molecule has 0 fully saturated rings. The summed E-state index contributed by atoms with van der Waals surface area (Å²) in [5.41, 5.74) is -0.537. The lowest BCUT2D eigenvalue weighted by Gasteiger charge is -2.32. The Hall–Kier alpha value is -1.33. The van der Waals surface area contributed by atoms with Crippen LogP contribution >= 0.6 is 0 Å². The van der Waals surface area contributed by atoms with Crippen LogP contribution in [0.5, 0.6) is 0 Å². The summed E-state index contributed by atoms with van der Waals surface area (Å²) in [4.78, 5) is 11.7. The summed E-state index contributed by atoms with van der Waals surface area (Å²) in [6.07, 6.45) is 4.81. The van der Waals surface area contributed by atoms with Crippen LogP contribution in [-0.2, 0) is 9.47 Å². The fourth-order valence-corrected chi connectivity index (χ4v) is 1.78. The second kappa shape index (κ2) is 6.73. The molecule has 2 N–H and O–H groups in total. The number of aliphatic hydroxyl groups is 1. The molecule has 1 amide bonds. The normalized spacial score (nSPS) is 26.8. The number of ether oxygens (including phenoxy) is 2. The summed E-state index contributed by atoms with van der Waals surface area (Å²) >= 11 is 0. The first kappa shape index (κ1) is 15.7. The van der Waals surface area contributed by atoms with Crippen molar-refractivity contribution < 1.29 is 19.4 Å². The first-order chi connectivity index (χ1) is 8.85. The summed E-state index contributed by atoms with van der Waals surface area (Å²) < 4.78 is 10.8. The van der Waals surface area contributed by atoms with E-state index >= 15 is 0 Å². The summed E-state index contributed by atoms with van der Waals surface area (Å²) in [5.74, 6) is 0. The van der Waals surface area contributed by atoms with Gasteiger partial charge in [0, 0.05) is 0 Å². The maximum absolute atomic E-state index is 11.7. The van der Waals surface area contributed by atoms with Crippen molar-refractivity contribution >= 4 is 6.09 Å². The van der Waals surface area contributed by atoms with Crippen molar-refractivity contribution in [2.75, 3.05) is 6.61 Å². The first-order valence-electron chi connectivity index (χ1n) is 6.41. The van der Waals surface area contributed by atoms with Crippen molar-refractivity contribution in [1.82, 2.24) is 5.32 Å². The van der Waals surface area contributed by atoms with Crippen molar-refractivity contribution in [2.45, 2.75) is 51.0 Å². The Balaban J connectivity index is 2.63. The van der Waals surface area contributed by atoms with Gasteiger partial charge >= 0.3 is 6.09 Å². The molecular weight excluding hydrogens is 246 g/mol. The molecule has 5 nitrogen and oxygen atoms in total. The molecule has 0 aliphatic carbocycles. The van der Waals surface area contributed by atoms with Crippen LogP contribution in [0, 0.1) is 0 Å². The molecule has 3 atom stereocenters. The number of nitrogens with one attached hydrogen (secondary N) is 1. The van der Waals surface area contributed by atoms with Gasteiger partial charge in [0.05, 0.1) is 24.9 Å². The molecule has 19 heavy (non-hydrogen) atoms. The van der Waals surface area contributed by atoms with Crippen LogP contribution < -0.4 is 5.32 Å². The third-order valence-corrected chi connectivity index (χ3v) is 2.55. The van der Waals surface area contributed by atoms with E-state index in [4.69, 9.17) is 14.6 Å². The van der Waals surface area contributed by atoms with Crippen molar-refractivity contribution in [1.29, 1.82) is 0 Å². The molecule has 1 rings (SSSR count). The molecule has 0 spiro atoms. The number of hydrogen-bond donors (Lipinski definition) is 2. The van der Waals surface area contributed by atoms with Crippen LogP contribution in [0.2, 0.25) is 0 Å². The maximum atomic E-state index is 11.7. The molecule has 0 aromatic rings. The average molecular weight is 269 g/mol. The largest absolute Gasteiger partial charge is 0.444 e. The molecule has 0 saturated heterocycles. The number of aliphatic hydroxyl groups excluding tert-OH is 1. The third-order valence-electron chi connectivity index (χ3n) is 2.55. The molecular formula is C14H23NO4. The molecule has 1 heterocycles. The van der Waals surface area contributed by atoms with E-state index in [1.807, 2.05) is 26.8 Å². The number of carbonyl (C=O) groups is 1. The lowest BCUT2D eigenvalue weighted by atomic mass is 10.0. The minimum absolute atomic E-state index is 0.0801. The van der Waals surface area contributed by atoms with Gasteiger partial charge in [-0.3, -0.25) is 0 Å². The van der Waals surface area contributed by atoms with Gasteiger partial charge in [-0.2, -0.15) is 0 Å². The van der Waals surface area contributed by atoms with Crippen molar-refractivity contribution in [3.63, 3.8) is 0 Å². The van der Waals surface area contributed by atoms with Crippen molar-refractivity contribution in [3.8, 4) is 0 Å². The van der Waals surface area contributed by atoms with Crippen LogP contribution in [0.4, 0.5) is 4.79 Å². The molecule has 0 radical (unpaired) electrons. The van der Waals surface area contributed by atoms with E-state index in [1.54, 1.807) is 12.2 Å². The highest BCUT2D eigenvalue weighted by Gasteiger charge is 2.28. The van der Waals surface area contributed by atoms with E-state index < -0.39 is 11.7 Å². The van der Waals surface area contributed by atoms with Crippen LogP contribution in [0.1, 0.15) is 27.2 Å². The lowest BCUT2D eigenvalue weighted by Crippen LogP contribution is -2.48. The van der Waals surface area contributed by atoms with Gasteiger partial charge in [0.1, 0.15) is 5.60 Å². The number of rotatable bonds is 4. The Morgan fingerprint density at radius 2 is 2.21 bits per heavy atom. The molecule has 3 unspecified atom stereocenters. The third kappa shape index (κ3) is 5.44. The summed E-state index contributed by atoms with van der Waals surface area (Å²) in [6.45, 7) is 9.01. The average Bonchev–Trinajstić information content (AvgIpc) is 2.29. The summed E-state index contributed by atoms with van der Waals surface area (Å²) in [5, 5.41) is 11.8. The van der Waals surface area contributed by atoms with Gasteiger partial charge in [0.25, 0.3) is 0 Å². The fraction of sp³-hybridized carbons (Fsp3) is 0.643. The van der Waals surface area contributed by atoms with Crippen LogP contribution in [-0.4, -0.2) is 41.7 Å². The van der Waals surface area contributed by atoms with Gasteiger partial charge < -0.3 is 19.9 Å². The number of hydrogen-bond acceptors (Lipinski definition) is 4. The van der Waals surface area contributed by atoms with Gasteiger partial charge in [0.2, 0.25) is 0 Å². The Morgan fingerprint density at radius 1 is 1.53 bits per heavy atom. The topological polar surface area (TPSA) is 67.8 Å². The molecule has 0 saturated carbocycles. The first-order valence-corrected chi connectivity index (χ1v) is 6.41. The zero-order valence-electron chi connectivity index (χ0n) is 11.8. The molecule has 0 aromatic carbocycles. The Bertz CT molecular complexity index is 346. The van der Waals surface area contributed by atoms with E-state index in [-0.39, 0.29) is 24.9 Å². The van der Waals surface area contributed by atoms with E-state index in [2.05, 4.69) is 11.9 Å². The number of alkyl carbamates (subject to hydrolysis) is 1. The monoisotopic (exact) mass is 269 g/mol. The zero-order valence-corrected chi connectivity index (χ0v) is 11.8. The van der Waals surface area contributed by atoms with Crippen LogP contribution in [0.3, 0.4) is 0 Å². The lowest BCUT2D eigenvalue weighted by molar-refractivity contribution is -0.0335. The standard InChI is InChI=1S/C14H23NO4/c1-5-6-12-11(8-7-10(9-16)18-12)15-13(17)19-14(2,3)4/h5,7-8,10-12,16H,1,6,9H2,2-4H3,(H,15,17). The van der Waals surface area contributed by atoms with Gasteiger partial charge in [-0.1, -0.05) is 18.2 Å². The summed E-state index contributed by atoms with van der Waals surface area (Å²) in [7, 11) is 0. The highest BCUT2D eigenvalue weighted by molar-refractivity contribution is 5.68. The Kier molecular flexibility index (Phi) is 5.57. The highest BCUT2D eigenvalue weighted by atomic mass is 16.6. The number of amides is 1. The van der Waals surface area contributed by atoms with E-state index in [0.717, 1.165) is 0 Å². The maximum Gasteiger partial charge on any atom is 0.408 e. The zero-order chi connectivity index (χ0) is 14.5. The second-order valence-corrected chi connectivity index (χ2v) is 5.48. The van der Waals surface area contributed by atoms with Crippen LogP contribution in [0.15, 0.2) is 24.8 Å². The summed E-state index contributed by atoms with van der Waals surface area (Å²) in [6, 6.07) is -0.282. The van der Waals surface area contributed by atoms with Crippen molar-refractivity contribution in [2.24, 2.45) is 0 Å². The number of carbonyl (C=O) groups excluding carboxylic acids is 1. The van der Waals surface area contributed by atoms with E-state index in [9.17, 15) is 4.79 Å². The van der Waals surface area contributed by atoms with Crippen molar-refractivity contribution in [3.05, 3.63) is 24.8 Å². The van der Waals surface area contributed by atoms with Gasteiger partial charge in [-0.25, -0.2) is 4.79 Å². The smallest absolute Gasteiger partial charge is 0.408 e. The van der Waals surface area contributed by atoms with Gasteiger partial charge in [-0.15, -0.1) is 6.58 Å². The van der Waals surface area contributed by atoms with E-state index in [0.29, 0.717) is 6.42 Å². The predicted molar refractivity (Wildman–Crippen MR) is 72.9 cm³/mol. The molecule has 108 valence electrons. The van der Waals surface area contributed by atoms with Gasteiger partial charge in [0.15, 0.2) is 0 Å². The second-order valence-electron chi connectivity index (χ2n) is 5.48. The quantitative estimate of drug-likeness (QED) is 0.763. The Morgan fingerprint density at radius 3 is 2.74 bits per heavy atom. The SMILES string of the molecule is C=CCC1OC(CO)C=CC1NC(=O)OC(C)(C)C. The fourth-order valence-electron chi connectivity index (χ4n) is 1.78. The molecule has 5 heteroatoms. The molecule has 0 bridgehead atoms. The molecule has 0 aromatic heterocycles.